The molecule has 5 rings (SSSR count). The molecule has 0 saturated carbocycles. The molecule has 6 heteroatoms. The van der Waals surface area contributed by atoms with Gasteiger partial charge in [0.2, 0.25) is 0 Å². The van der Waals surface area contributed by atoms with Gasteiger partial charge in [-0.15, -0.1) is 0 Å². The van der Waals surface area contributed by atoms with Gasteiger partial charge in [0.05, 0.1) is 11.3 Å². The number of furan rings is 1. The van der Waals surface area contributed by atoms with E-state index in [-0.39, 0.29) is 11.7 Å². The molecule has 5 aromatic rings. The highest BCUT2D eigenvalue weighted by atomic mass is 32.2. The predicted molar refractivity (Wildman–Crippen MR) is 157 cm³/mol. The van der Waals surface area contributed by atoms with Gasteiger partial charge in [0.15, 0.2) is 0 Å². The maximum Gasteiger partial charge on any atom is 0.255 e. The van der Waals surface area contributed by atoms with Crippen molar-refractivity contribution in [1.29, 1.82) is 0 Å². The predicted octanol–water partition coefficient (Wildman–Crippen LogP) is 8.06. The van der Waals surface area contributed by atoms with Crippen LogP contribution in [0.25, 0.3) is 39.5 Å². The molecule has 0 fully saturated rings. The number of fused-ring (bicyclic) bond motifs is 1. The van der Waals surface area contributed by atoms with Crippen molar-refractivity contribution in [1.82, 2.24) is 5.32 Å². The van der Waals surface area contributed by atoms with E-state index in [0.717, 1.165) is 22.4 Å². The quantitative estimate of drug-likeness (QED) is 0.209. The summed E-state index contributed by atoms with van der Waals surface area (Å²) in [5, 5.41) is 3.44. The third kappa shape index (κ3) is 5.22. The minimum Gasteiger partial charge on any atom is -0.455 e. The first kappa shape index (κ1) is 25.4. The normalized spacial score (nSPS) is 11.2. The first-order valence-electron chi connectivity index (χ1n) is 12.3. The van der Waals surface area contributed by atoms with E-state index in [1.807, 2.05) is 54.8 Å². The molecule has 190 valence electrons. The monoisotopic (exact) mass is 522 g/mol. The van der Waals surface area contributed by atoms with Crippen LogP contribution in [0.4, 0.5) is 10.1 Å². The Balaban J connectivity index is 1.67. The summed E-state index contributed by atoms with van der Waals surface area (Å²) in [6, 6.07) is 30.3. The summed E-state index contributed by atoms with van der Waals surface area (Å²) in [5.74, 6) is -0.197. The first-order valence-corrected chi connectivity index (χ1v) is 13.4. The highest BCUT2D eigenvalue weighted by Gasteiger charge is 2.24. The minimum absolute atomic E-state index is 0.262. The third-order valence-corrected chi connectivity index (χ3v) is 7.11. The summed E-state index contributed by atoms with van der Waals surface area (Å²) in [6.07, 6.45) is 6.28. The Morgan fingerprint density at radius 2 is 1.63 bits per heavy atom. The number of hydrogen-bond acceptors (Lipinski definition) is 4. The van der Waals surface area contributed by atoms with Crippen LogP contribution in [0.2, 0.25) is 0 Å². The fourth-order valence-electron chi connectivity index (χ4n) is 4.46. The number of nitrogens with zero attached hydrogens (tertiary/aromatic N) is 1. The fraction of sp³-hybridized carbons (Fsp3) is 0.0938. The number of carbonyl (C=O) groups excluding carboxylic acids is 1. The minimum atomic E-state index is -0.348. The SMILES string of the molecule is CNC(=O)c1c(-c2ccc(F)cc2)oc2cc(N(C/C=C/c3ccccc3)SC)c(-c3ccccc3)cc12. The van der Waals surface area contributed by atoms with E-state index in [9.17, 15) is 9.18 Å². The molecular weight excluding hydrogens is 495 g/mol. The maximum absolute atomic E-state index is 13.6. The maximum atomic E-state index is 13.6. The van der Waals surface area contributed by atoms with Crippen molar-refractivity contribution in [2.24, 2.45) is 0 Å². The molecule has 0 saturated heterocycles. The fourth-order valence-corrected chi connectivity index (χ4v) is 5.05. The van der Waals surface area contributed by atoms with Crippen molar-refractivity contribution in [3.05, 3.63) is 120 Å². The average molecular weight is 523 g/mol. The molecule has 38 heavy (non-hydrogen) atoms. The lowest BCUT2D eigenvalue weighted by molar-refractivity contribution is 0.0964. The molecule has 0 aliphatic rings. The lowest BCUT2D eigenvalue weighted by Gasteiger charge is -2.23. The van der Waals surface area contributed by atoms with Crippen LogP contribution in [-0.2, 0) is 0 Å². The Morgan fingerprint density at radius 3 is 2.29 bits per heavy atom. The second-order valence-corrected chi connectivity index (χ2v) is 9.49. The van der Waals surface area contributed by atoms with Gasteiger partial charge in [0.1, 0.15) is 17.2 Å². The van der Waals surface area contributed by atoms with Crippen molar-refractivity contribution in [3.63, 3.8) is 0 Å². The second-order valence-electron chi connectivity index (χ2n) is 8.68. The van der Waals surface area contributed by atoms with Gasteiger partial charge in [-0.25, -0.2) is 4.39 Å². The topological polar surface area (TPSA) is 45.5 Å². The van der Waals surface area contributed by atoms with Crippen molar-refractivity contribution in [3.8, 4) is 22.5 Å². The Hall–Kier alpha value is -4.29. The zero-order valence-corrected chi connectivity index (χ0v) is 22.0. The molecule has 0 spiro atoms. The first-order chi connectivity index (χ1) is 18.6. The van der Waals surface area contributed by atoms with Crippen LogP contribution in [0.3, 0.4) is 0 Å². The third-order valence-electron chi connectivity index (χ3n) is 6.32. The zero-order valence-electron chi connectivity index (χ0n) is 21.1. The van der Waals surface area contributed by atoms with E-state index >= 15 is 0 Å². The van der Waals surface area contributed by atoms with Gasteiger partial charge in [-0.3, -0.25) is 4.79 Å². The number of amides is 1. The van der Waals surface area contributed by atoms with E-state index in [1.54, 1.807) is 31.1 Å². The number of carbonyl (C=O) groups is 1. The van der Waals surface area contributed by atoms with Crippen LogP contribution in [0.1, 0.15) is 15.9 Å². The number of rotatable bonds is 8. The van der Waals surface area contributed by atoms with Gasteiger partial charge < -0.3 is 14.0 Å². The molecule has 4 aromatic carbocycles. The largest absolute Gasteiger partial charge is 0.455 e. The number of halogens is 1. The molecular formula is C32H27FN2O2S. The second kappa shape index (κ2) is 11.4. The Bertz CT molecular complexity index is 1580. The summed E-state index contributed by atoms with van der Waals surface area (Å²) >= 11 is 1.61. The lowest BCUT2D eigenvalue weighted by atomic mass is 9.98. The van der Waals surface area contributed by atoms with E-state index in [0.29, 0.717) is 34.4 Å². The van der Waals surface area contributed by atoms with Gasteiger partial charge in [-0.1, -0.05) is 84.8 Å². The molecule has 0 radical (unpaired) electrons. The standard InChI is InChI=1S/C32H27FN2O2S/c1-34-32(36)30-27-20-26(23-13-7-4-8-14-23)28(35(38-2)19-9-12-22-10-5-3-6-11-22)21-29(27)37-31(30)24-15-17-25(33)18-16-24/h3-18,20-21H,19H2,1-2H3,(H,34,36)/b12-9+. The molecule has 1 amide bonds. The molecule has 1 aromatic heterocycles. The summed E-state index contributed by atoms with van der Waals surface area (Å²) in [4.78, 5) is 13.1. The van der Waals surface area contributed by atoms with Gasteiger partial charge >= 0.3 is 0 Å². The molecule has 1 N–H and O–H groups in total. The van der Waals surface area contributed by atoms with Crippen molar-refractivity contribution < 1.29 is 13.6 Å². The highest BCUT2D eigenvalue weighted by molar-refractivity contribution is 8.00. The van der Waals surface area contributed by atoms with Crippen molar-refractivity contribution >= 4 is 40.6 Å². The summed E-state index contributed by atoms with van der Waals surface area (Å²) < 4.78 is 22.1. The number of anilines is 1. The van der Waals surface area contributed by atoms with Gasteiger partial charge in [0, 0.05) is 42.4 Å². The van der Waals surface area contributed by atoms with E-state index in [4.69, 9.17) is 4.42 Å². The number of hydrogen-bond donors (Lipinski definition) is 1. The highest BCUT2D eigenvalue weighted by Crippen LogP contribution is 2.42. The average Bonchev–Trinajstić information content (AvgIpc) is 3.34. The number of benzene rings is 4. The zero-order chi connectivity index (χ0) is 26.5. The molecule has 0 aliphatic carbocycles. The van der Waals surface area contributed by atoms with E-state index in [1.165, 1.54) is 12.1 Å². The van der Waals surface area contributed by atoms with Crippen molar-refractivity contribution in [2.75, 3.05) is 24.2 Å². The smallest absolute Gasteiger partial charge is 0.255 e. The van der Waals surface area contributed by atoms with Crippen LogP contribution in [0.5, 0.6) is 0 Å². The Kier molecular flexibility index (Phi) is 7.61. The van der Waals surface area contributed by atoms with Crippen LogP contribution in [0, 0.1) is 5.82 Å². The molecule has 0 bridgehead atoms. The summed E-state index contributed by atoms with van der Waals surface area (Å²) in [5.41, 5.74) is 5.77. The van der Waals surface area contributed by atoms with Crippen LogP contribution < -0.4 is 9.62 Å². The summed E-state index contributed by atoms with van der Waals surface area (Å²) in [6.45, 7) is 0.662. The van der Waals surface area contributed by atoms with Crippen LogP contribution in [-0.4, -0.2) is 25.8 Å². The lowest BCUT2D eigenvalue weighted by Crippen LogP contribution is -2.18. The van der Waals surface area contributed by atoms with Crippen LogP contribution in [0.15, 0.2) is 108 Å². The van der Waals surface area contributed by atoms with Gasteiger partial charge in [0.25, 0.3) is 5.91 Å². The van der Waals surface area contributed by atoms with Crippen molar-refractivity contribution in [2.45, 2.75) is 0 Å². The van der Waals surface area contributed by atoms with Gasteiger partial charge in [-0.2, -0.15) is 0 Å². The van der Waals surface area contributed by atoms with Crippen LogP contribution >= 0.6 is 11.9 Å². The van der Waals surface area contributed by atoms with E-state index < -0.39 is 0 Å². The molecule has 0 atom stereocenters. The molecule has 0 unspecified atom stereocenters. The summed E-state index contributed by atoms with van der Waals surface area (Å²) in [7, 11) is 1.59. The Labute approximate surface area is 225 Å². The molecule has 1 heterocycles. The van der Waals surface area contributed by atoms with E-state index in [2.05, 4.69) is 46.0 Å². The Morgan fingerprint density at radius 1 is 0.947 bits per heavy atom. The molecule has 0 aliphatic heterocycles. The molecule has 4 nitrogen and oxygen atoms in total. The number of nitrogens with one attached hydrogen (secondary N) is 1. The van der Waals surface area contributed by atoms with Gasteiger partial charge in [-0.05, 0) is 41.5 Å².